The molecular formula is C17H21ClN4O2. The van der Waals surface area contributed by atoms with E-state index in [9.17, 15) is 9.59 Å². The zero-order valence-electron chi connectivity index (χ0n) is 13.8. The number of H-pyrrole nitrogens is 1. The molecule has 2 amide bonds. The number of aryl methyl sites for hydroxylation is 1. The van der Waals surface area contributed by atoms with E-state index < -0.39 is 6.04 Å². The number of amides is 2. The molecule has 1 aromatic heterocycles. The van der Waals surface area contributed by atoms with Crippen LogP contribution in [0, 0.1) is 6.92 Å². The first-order valence-corrected chi connectivity index (χ1v) is 8.37. The van der Waals surface area contributed by atoms with E-state index in [2.05, 4.69) is 15.6 Å². The predicted octanol–water partition coefficient (Wildman–Crippen LogP) is 1.22. The minimum atomic E-state index is -0.467. The Hall–Kier alpha value is -2.05. The van der Waals surface area contributed by atoms with Crippen molar-refractivity contribution in [2.45, 2.75) is 19.4 Å². The number of carbonyl (C=O) groups excluding carboxylic acids is 2. The summed E-state index contributed by atoms with van der Waals surface area (Å²) in [6, 6.07) is 5.14. The molecular weight excluding hydrogens is 328 g/mol. The number of hydrogen-bond donors (Lipinski definition) is 3. The number of aromatic nitrogens is 1. The van der Waals surface area contributed by atoms with E-state index in [1.54, 1.807) is 11.9 Å². The minimum Gasteiger partial charge on any atom is -0.358 e. The Balaban J connectivity index is 1.87. The number of rotatable bonds is 3. The molecule has 1 aliphatic rings. The van der Waals surface area contributed by atoms with Gasteiger partial charge in [-0.05, 0) is 30.7 Å². The van der Waals surface area contributed by atoms with Crippen LogP contribution in [0.1, 0.15) is 11.3 Å². The summed E-state index contributed by atoms with van der Waals surface area (Å²) in [4.78, 5) is 29.8. The molecule has 3 rings (SSSR count). The minimum absolute atomic E-state index is 0.0472. The van der Waals surface area contributed by atoms with Gasteiger partial charge in [0.25, 0.3) is 0 Å². The summed E-state index contributed by atoms with van der Waals surface area (Å²) < 4.78 is 0. The first kappa shape index (κ1) is 16.8. The van der Waals surface area contributed by atoms with Crippen molar-refractivity contribution < 1.29 is 9.59 Å². The van der Waals surface area contributed by atoms with Crippen LogP contribution in [0.25, 0.3) is 10.9 Å². The normalized spacial score (nSPS) is 18.0. The van der Waals surface area contributed by atoms with Gasteiger partial charge in [0, 0.05) is 48.3 Å². The number of nitrogens with one attached hydrogen (secondary N) is 3. The summed E-state index contributed by atoms with van der Waals surface area (Å²) in [6.07, 6.45) is 0.250. The number of fused-ring (bicyclic) bond motifs is 1. The Morgan fingerprint density at radius 3 is 2.96 bits per heavy atom. The number of nitrogens with zero attached hydrogens (tertiary/aromatic N) is 1. The third-order valence-corrected chi connectivity index (χ3v) is 4.76. The van der Waals surface area contributed by atoms with Crippen molar-refractivity contribution >= 4 is 34.3 Å². The second-order valence-corrected chi connectivity index (χ2v) is 6.45. The Kier molecular flexibility index (Phi) is 4.78. The van der Waals surface area contributed by atoms with Gasteiger partial charge < -0.3 is 20.5 Å². The quantitative estimate of drug-likeness (QED) is 0.780. The van der Waals surface area contributed by atoms with Crippen molar-refractivity contribution in [2.75, 3.05) is 26.7 Å². The van der Waals surface area contributed by atoms with Gasteiger partial charge in [-0.2, -0.15) is 0 Å². The smallest absolute Gasteiger partial charge is 0.243 e. The standard InChI is InChI=1S/C17H21ClN4O2/c1-10-12(13-7-11(18)3-4-14(13)21-10)8-16(23)22-6-5-20-9-15(22)17(24)19-2/h3-4,7,15,20-21H,5-6,8-9H2,1-2H3,(H,19,24)/t15-/m1/s1. The number of carbonyl (C=O) groups is 2. The van der Waals surface area contributed by atoms with Crippen LogP contribution in [0.4, 0.5) is 0 Å². The van der Waals surface area contributed by atoms with Crippen LogP contribution in [0.5, 0.6) is 0 Å². The molecule has 0 bridgehead atoms. The van der Waals surface area contributed by atoms with Crippen LogP contribution < -0.4 is 10.6 Å². The molecule has 3 N–H and O–H groups in total. The first-order valence-electron chi connectivity index (χ1n) is 7.99. The molecule has 2 heterocycles. The van der Waals surface area contributed by atoms with Crippen LogP contribution >= 0.6 is 11.6 Å². The van der Waals surface area contributed by atoms with Crippen molar-refractivity contribution in [2.24, 2.45) is 0 Å². The molecule has 1 atom stereocenters. The average Bonchev–Trinajstić information content (AvgIpc) is 2.89. The van der Waals surface area contributed by atoms with Crippen LogP contribution in [0.15, 0.2) is 18.2 Å². The molecule has 1 aromatic carbocycles. The van der Waals surface area contributed by atoms with Crippen LogP contribution in [-0.4, -0.2) is 54.4 Å². The second kappa shape index (κ2) is 6.83. The molecule has 0 radical (unpaired) electrons. The molecule has 0 spiro atoms. The maximum Gasteiger partial charge on any atom is 0.243 e. The molecule has 0 saturated carbocycles. The highest BCUT2D eigenvalue weighted by Gasteiger charge is 2.31. The van der Waals surface area contributed by atoms with Gasteiger partial charge >= 0.3 is 0 Å². The zero-order valence-corrected chi connectivity index (χ0v) is 14.5. The molecule has 6 nitrogen and oxygen atoms in total. The lowest BCUT2D eigenvalue weighted by Crippen LogP contribution is -2.59. The second-order valence-electron chi connectivity index (χ2n) is 6.02. The number of likely N-dealkylation sites (N-methyl/N-ethyl adjacent to an activating group) is 1. The summed E-state index contributed by atoms with van der Waals surface area (Å²) in [5.74, 6) is -0.191. The Bertz CT molecular complexity index is 786. The fourth-order valence-electron chi connectivity index (χ4n) is 3.24. The predicted molar refractivity (Wildman–Crippen MR) is 94.2 cm³/mol. The topological polar surface area (TPSA) is 77.2 Å². The largest absolute Gasteiger partial charge is 0.358 e. The fourth-order valence-corrected chi connectivity index (χ4v) is 3.41. The van der Waals surface area contributed by atoms with Crippen molar-refractivity contribution in [3.63, 3.8) is 0 Å². The van der Waals surface area contributed by atoms with Gasteiger partial charge in [0.1, 0.15) is 6.04 Å². The van der Waals surface area contributed by atoms with Crippen LogP contribution in [0.2, 0.25) is 5.02 Å². The van der Waals surface area contributed by atoms with Gasteiger partial charge in [-0.15, -0.1) is 0 Å². The Labute approximate surface area is 145 Å². The van der Waals surface area contributed by atoms with Crippen molar-refractivity contribution in [3.05, 3.63) is 34.5 Å². The highest BCUT2D eigenvalue weighted by atomic mass is 35.5. The fraction of sp³-hybridized carbons (Fsp3) is 0.412. The summed E-state index contributed by atoms with van der Waals surface area (Å²) >= 11 is 6.10. The summed E-state index contributed by atoms with van der Waals surface area (Å²) in [7, 11) is 1.59. The maximum atomic E-state index is 12.8. The van der Waals surface area contributed by atoms with E-state index >= 15 is 0 Å². The first-order chi connectivity index (χ1) is 11.5. The van der Waals surface area contributed by atoms with Gasteiger partial charge in [0.2, 0.25) is 11.8 Å². The van der Waals surface area contributed by atoms with Gasteiger partial charge in [-0.1, -0.05) is 11.6 Å². The van der Waals surface area contributed by atoms with Crippen molar-refractivity contribution in [3.8, 4) is 0 Å². The molecule has 1 aliphatic heterocycles. The third kappa shape index (κ3) is 3.12. The van der Waals surface area contributed by atoms with E-state index in [-0.39, 0.29) is 18.2 Å². The third-order valence-electron chi connectivity index (χ3n) is 4.52. The molecule has 0 unspecified atom stereocenters. The molecule has 1 fully saturated rings. The van der Waals surface area contributed by atoms with Crippen molar-refractivity contribution in [1.29, 1.82) is 0 Å². The number of benzene rings is 1. The Morgan fingerprint density at radius 1 is 1.42 bits per heavy atom. The van der Waals surface area contributed by atoms with Gasteiger partial charge in [-0.3, -0.25) is 9.59 Å². The van der Waals surface area contributed by atoms with E-state index in [4.69, 9.17) is 11.6 Å². The molecule has 1 saturated heterocycles. The number of halogens is 1. The lowest BCUT2D eigenvalue weighted by molar-refractivity contribution is -0.140. The summed E-state index contributed by atoms with van der Waals surface area (Å²) in [6.45, 7) is 3.64. The van der Waals surface area contributed by atoms with E-state index in [0.717, 1.165) is 22.2 Å². The summed E-state index contributed by atoms with van der Waals surface area (Å²) in [5.41, 5.74) is 2.85. The molecule has 24 heavy (non-hydrogen) atoms. The van der Waals surface area contributed by atoms with Gasteiger partial charge in [-0.25, -0.2) is 0 Å². The van der Waals surface area contributed by atoms with Crippen LogP contribution in [-0.2, 0) is 16.0 Å². The van der Waals surface area contributed by atoms with Crippen molar-refractivity contribution in [1.82, 2.24) is 20.5 Å². The number of piperazine rings is 1. The summed E-state index contributed by atoms with van der Waals surface area (Å²) in [5, 5.41) is 7.39. The van der Waals surface area contributed by atoms with E-state index in [1.165, 1.54) is 0 Å². The maximum absolute atomic E-state index is 12.8. The molecule has 0 aliphatic carbocycles. The van der Waals surface area contributed by atoms with E-state index in [0.29, 0.717) is 24.7 Å². The Morgan fingerprint density at radius 2 is 2.21 bits per heavy atom. The van der Waals surface area contributed by atoms with E-state index in [1.807, 2.05) is 25.1 Å². The highest BCUT2D eigenvalue weighted by Crippen LogP contribution is 2.26. The number of aromatic amines is 1. The van der Waals surface area contributed by atoms with Gasteiger partial charge in [0.15, 0.2) is 0 Å². The lowest BCUT2D eigenvalue weighted by Gasteiger charge is -2.35. The van der Waals surface area contributed by atoms with Crippen LogP contribution in [0.3, 0.4) is 0 Å². The van der Waals surface area contributed by atoms with Gasteiger partial charge in [0.05, 0.1) is 6.42 Å². The molecule has 128 valence electrons. The SMILES string of the molecule is CNC(=O)[C@H]1CNCCN1C(=O)Cc1c(C)[nH]c2ccc(Cl)cc12. The molecule has 2 aromatic rings. The zero-order chi connectivity index (χ0) is 17.3. The lowest BCUT2D eigenvalue weighted by atomic mass is 10.1. The average molecular weight is 349 g/mol. The molecule has 7 heteroatoms. The number of hydrogen-bond acceptors (Lipinski definition) is 3. The monoisotopic (exact) mass is 348 g/mol. The highest BCUT2D eigenvalue weighted by molar-refractivity contribution is 6.31.